The van der Waals surface area contributed by atoms with Gasteiger partial charge in [0.05, 0.1) is 4.92 Å². The zero-order chi connectivity index (χ0) is 16.8. The molecule has 2 rings (SSSR count). The molecule has 1 N–H and O–H groups in total. The van der Waals surface area contributed by atoms with Crippen LogP contribution in [-0.4, -0.2) is 36.9 Å². The van der Waals surface area contributed by atoms with Crippen molar-refractivity contribution in [2.75, 3.05) is 18.8 Å². The van der Waals surface area contributed by atoms with Gasteiger partial charge in [0.1, 0.15) is 5.15 Å². The summed E-state index contributed by atoms with van der Waals surface area (Å²) in [5.74, 6) is 1.25. The number of rotatable bonds is 7. The van der Waals surface area contributed by atoms with E-state index in [2.05, 4.69) is 39.5 Å². The van der Waals surface area contributed by atoms with Crippen LogP contribution < -0.4 is 5.32 Å². The summed E-state index contributed by atoms with van der Waals surface area (Å²) in [4.78, 5) is 17.3. The van der Waals surface area contributed by atoms with Crippen molar-refractivity contribution in [1.29, 1.82) is 0 Å². The largest absolute Gasteiger partial charge is 0.364 e. The molecule has 0 radical (unpaired) electrons. The van der Waals surface area contributed by atoms with Crippen LogP contribution >= 0.6 is 46.0 Å². The maximum Gasteiger partial charge on any atom is 0.308 e. The number of thioether (sulfide) groups is 1. The van der Waals surface area contributed by atoms with Gasteiger partial charge in [-0.3, -0.25) is 10.1 Å². The van der Waals surface area contributed by atoms with Crippen LogP contribution in [-0.2, 0) is 6.54 Å². The first-order valence-electron chi connectivity index (χ1n) is 6.87. The fourth-order valence-corrected chi connectivity index (χ4v) is 4.09. The first-order valence-corrected chi connectivity index (χ1v) is 9.54. The van der Waals surface area contributed by atoms with Crippen LogP contribution in [0.5, 0.6) is 0 Å². The quantitative estimate of drug-likeness (QED) is 0.166. The van der Waals surface area contributed by atoms with Gasteiger partial charge in [0.2, 0.25) is 0 Å². The lowest BCUT2D eigenvalue weighted by molar-refractivity contribution is -0.426. The van der Waals surface area contributed by atoms with Gasteiger partial charge in [-0.05, 0) is 11.6 Å². The van der Waals surface area contributed by atoms with E-state index in [-0.39, 0.29) is 13.9 Å². The molecular weight excluding hydrogens is 451 g/mol. The monoisotopic (exact) mass is 466 g/mol. The number of halogens is 2. The molecule has 0 aromatic carbocycles. The Hall–Kier alpha value is -1.00. The molecule has 1 fully saturated rings. The predicted octanol–water partition coefficient (Wildman–Crippen LogP) is 3.27. The summed E-state index contributed by atoms with van der Waals surface area (Å²) in [6.07, 6.45) is 3.44. The van der Waals surface area contributed by atoms with Gasteiger partial charge in [-0.25, -0.2) is 4.98 Å². The normalized spacial score (nSPS) is 17.6. The molecular formula is C14H16ClIN4O2S. The van der Waals surface area contributed by atoms with Crippen LogP contribution in [0.15, 0.2) is 42.5 Å². The molecule has 23 heavy (non-hydrogen) atoms. The minimum Gasteiger partial charge on any atom is -0.364 e. The van der Waals surface area contributed by atoms with E-state index in [1.165, 1.54) is 11.8 Å². The van der Waals surface area contributed by atoms with Crippen molar-refractivity contribution in [3.8, 4) is 0 Å². The SMILES string of the molecule is C=CCSC(I)C(=C1NCCN1Cc1ccc(Cl)nc1)[N+](=O)[O-]. The molecule has 1 aliphatic heterocycles. The summed E-state index contributed by atoms with van der Waals surface area (Å²) in [5, 5.41) is 15.1. The van der Waals surface area contributed by atoms with E-state index >= 15 is 0 Å². The summed E-state index contributed by atoms with van der Waals surface area (Å²) < 4.78 is -0.257. The van der Waals surface area contributed by atoms with Crippen LogP contribution in [0.4, 0.5) is 0 Å². The number of nitrogens with one attached hydrogen (secondary N) is 1. The average Bonchev–Trinajstić information content (AvgIpc) is 2.95. The van der Waals surface area contributed by atoms with E-state index in [0.717, 1.165) is 5.56 Å². The van der Waals surface area contributed by atoms with Gasteiger partial charge in [0.15, 0.2) is 9.08 Å². The average molecular weight is 467 g/mol. The molecule has 1 aliphatic rings. The van der Waals surface area contributed by atoms with E-state index in [0.29, 0.717) is 36.4 Å². The van der Waals surface area contributed by atoms with Crippen molar-refractivity contribution < 1.29 is 4.92 Å². The molecule has 124 valence electrons. The topological polar surface area (TPSA) is 71.3 Å². The van der Waals surface area contributed by atoms with Gasteiger partial charge < -0.3 is 10.2 Å². The summed E-state index contributed by atoms with van der Waals surface area (Å²) in [5.41, 5.74) is 1.15. The lowest BCUT2D eigenvalue weighted by Gasteiger charge is -2.20. The van der Waals surface area contributed by atoms with E-state index in [1.807, 2.05) is 11.0 Å². The van der Waals surface area contributed by atoms with Crippen molar-refractivity contribution in [2.24, 2.45) is 0 Å². The van der Waals surface area contributed by atoms with E-state index in [9.17, 15) is 10.1 Å². The van der Waals surface area contributed by atoms with Gasteiger partial charge in [-0.15, -0.1) is 18.3 Å². The lowest BCUT2D eigenvalue weighted by Crippen LogP contribution is -2.26. The third-order valence-electron chi connectivity index (χ3n) is 3.17. The Labute approximate surface area is 157 Å². The Morgan fingerprint density at radius 2 is 2.48 bits per heavy atom. The van der Waals surface area contributed by atoms with Crippen LogP contribution in [0.25, 0.3) is 0 Å². The Morgan fingerprint density at radius 1 is 1.70 bits per heavy atom. The summed E-state index contributed by atoms with van der Waals surface area (Å²) in [6, 6.07) is 3.60. The highest BCUT2D eigenvalue weighted by atomic mass is 127. The van der Waals surface area contributed by atoms with Crippen LogP contribution in [0.1, 0.15) is 5.56 Å². The standard InChI is InChI=1S/C14H16ClIN4O2S/c1-2-7-23-13(16)12(20(21)22)14-17-5-6-19(14)9-10-3-4-11(15)18-8-10/h2-4,8,13,17H,1,5-7,9H2. The van der Waals surface area contributed by atoms with Gasteiger partial charge in [0.25, 0.3) is 0 Å². The number of aromatic nitrogens is 1. The predicted molar refractivity (Wildman–Crippen MR) is 102 cm³/mol. The Morgan fingerprint density at radius 3 is 3.09 bits per heavy atom. The van der Waals surface area contributed by atoms with Crippen molar-refractivity contribution in [3.63, 3.8) is 0 Å². The molecule has 1 saturated heterocycles. The highest BCUT2D eigenvalue weighted by Gasteiger charge is 2.33. The molecule has 1 unspecified atom stereocenters. The second kappa shape index (κ2) is 8.74. The van der Waals surface area contributed by atoms with E-state index in [1.54, 1.807) is 18.3 Å². The van der Waals surface area contributed by atoms with Crippen molar-refractivity contribution in [1.82, 2.24) is 15.2 Å². The first-order chi connectivity index (χ1) is 11.0. The third kappa shape index (κ3) is 4.98. The Balaban J connectivity index is 2.23. The van der Waals surface area contributed by atoms with E-state index in [4.69, 9.17) is 11.6 Å². The molecule has 0 amide bonds. The highest BCUT2D eigenvalue weighted by Crippen LogP contribution is 2.30. The Kier molecular flexibility index (Phi) is 6.97. The maximum atomic E-state index is 11.5. The zero-order valence-corrected chi connectivity index (χ0v) is 16.0. The minimum absolute atomic E-state index is 0.192. The fraction of sp³-hybridized carbons (Fsp3) is 0.357. The second-order valence-electron chi connectivity index (χ2n) is 4.77. The molecule has 0 spiro atoms. The number of nitro groups is 1. The van der Waals surface area contributed by atoms with Gasteiger partial charge in [-0.1, -0.05) is 46.3 Å². The molecule has 1 atom stereocenters. The van der Waals surface area contributed by atoms with E-state index < -0.39 is 0 Å². The number of alkyl halides is 1. The van der Waals surface area contributed by atoms with Crippen molar-refractivity contribution >= 4 is 46.0 Å². The molecule has 6 nitrogen and oxygen atoms in total. The minimum atomic E-state index is -0.298. The number of pyridine rings is 1. The summed E-state index contributed by atoms with van der Waals surface area (Å²) in [6.45, 7) is 5.61. The summed E-state index contributed by atoms with van der Waals surface area (Å²) >= 11 is 9.37. The van der Waals surface area contributed by atoms with Gasteiger partial charge in [-0.2, -0.15) is 0 Å². The number of nitrogens with zero attached hydrogens (tertiary/aromatic N) is 3. The fourth-order valence-electron chi connectivity index (χ4n) is 2.17. The molecule has 2 heterocycles. The third-order valence-corrected chi connectivity index (χ3v) is 6.00. The maximum absolute atomic E-state index is 11.5. The van der Waals surface area contributed by atoms with Crippen molar-refractivity contribution in [2.45, 2.75) is 9.80 Å². The molecule has 0 bridgehead atoms. The summed E-state index contributed by atoms with van der Waals surface area (Å²) in [7, 11) is 0. The first kappa shape index (κ1) is 18.3. The smallest absolute Gasteiger partial charge is 0.308 e. The number of hydrogen-bond acceptors (Lipinski definition) is 6. The highest BCUT2D eigenvalue weighted by molar-refractivity contribution is 14.1. The van der Waals surface area contributed by atoms with Gasteiger partial charge >= 0.3 is 5.70 Å². The zero-order valence-electron chi connectivity index (χ0n) is 12.2. The molecule has 9 heteroatoms. The van der Waals surface area contributed by atoms with Gasteiger partial charge in [0, 0.05) is 31.6 Å². The van der Waals surface area contributed by atoms with Crippen LogP contribution in [0, 0.1) is 10.1 Å². The molecule has 1 aromatic rings. The van der Waals surface area contributed by atoms with Crippen LogP contribution in [0.2, 0.25) is 5.15 Å². The number of hydrogen-bond donors (Lipinski definition) is 1. The Bertz CT molecular complexity index is 611. The molecule has 0 aliphatic carbocycles. The lowest BCUT2D eigenvalue weighted by atomic mass is 10.2. The molecule has 0 saturated carbocycles. The molecule has 1 aromatic heterocycles. The second-order valence-corrected chi connectivity index (χ2v) is 8.38. The van der Waals surface area contributed by atoms with Crippen LogP contribution in [0.3, 0.4) is 0 Å². The van der Waals surface area contributed by atoms with Crippen molar-refractivity contribution in [3.05, 3.63) is 63.3 Å².